The van der Waals surface area contributed by atoms with Gasteiger partial charge in [-0.25, -0.2) is 0 Å². The van der Waals surface area contributed by atoms with Crippen LogP contribution in [-0.2, 0) is 14.3 Å². The molecule has 8 nitrogen and oxygen atoms in total. The van der Waals surface area contributed by atoms with Crippen LogP contribution in [0.1, 0.15) is 42.9 Å². The summed E-state index contributed by atoms with van der Waals surface area (Å²) in [5, 5.41) is 11.1. The zero-order chi connectivity index (χ0) is 24.1. The first-order chi connectivity index (χ1) is 16.5. The number of aryl methyl sites for hydroxylation is 1. The molecule has 2 saturated heterocycles. The number of likely N-dealkylation sites (tertiary alicyclic amines) is 1. The van der Waals surface area contributed by atoms with E-state index in [0.717, 1.165) is 26.1 Å². The van der Waals surface area contributed by atoms with Crippen molar-refractivity contribution in [2.24, 2.45) is 0 Å². The molecule has 2 fully saturated rings. The van der Waals surface area contributed by atoms with Crippen molar-refractivity contribution in [3.63, 3.8) is 0 Å². The Labute approximate surface area is 199 Å². The highest BCUT2D eigenvalue weighted by Crippen LogP contribution is 2.40. The Morgan fingerprint density at radius 2 is 1.82 bits per heavy atom. The molecule has 0 unspecified atom stereocenters. The van der Waals surface area contributed by atoms with Gasteiger partial charge in [0.1, 0.15) is 29.1 Å². The van der Waals surface area contributed by atoms with Crippen LogP contribution in [0.5, 0.6) is 5.75 Å². The lowest BCUT2D eigenvalue weighted by Gasteiger charge is -2.28. The quantitative estimate of drug-likeness (QED) is 0.342. The summed E-state index contributed by atoms with van der Waals surface area (Å²) in [6.07, 6.45) is 1.59. The van der Waals surface area contributed by atoms with E-state index in [1.165, 1.54) is 4.90 Å². The van der Waals surface area contributed by atoms with Gasteiger partial charge in [-0.3, -0.25) is 14.5 Å². The minimum atomic E-state index is -0.769. The lowest BCUT2D eigenvalue weighted by atomic mass is 9.99. The summed E-state index contributed by atoms with van der Waals surface area (Å²) in [6.45, 7) is 8.74. The summed E-state index contributed by atoms with van der Waals surface area (Å²) in [5.41, 5.74) is 0.497. The topological polar surface area (TPSA) is 92.5 Å². The fraction of sp³-hybridized carbons (Fsp3) is 0.462. The summed E-state index contributed by atoms with van der Waals surface area (Å²) in [5.74, 6) is 0.286. The highest BCUT2D eigenvalue weighted by Gasteiger charge is 2.47. The molecule has 1 N–H and O–H groups in total. The Morgan fingerprint density at radius 3 is 2.47 bits per heavy atom. The smallest absolute Gasteiger partial charge is 0.295 e. The number of carbonyl (C=O) groups excluding carboxylic acids is 2. The van der Waals surface area contributed by atoms with E-state index >= 15 is 0 Å². The summed E-state index contributed by atoms with van der Waals surface area (Å²) in [7, 11) is 0. The molecule has 0 spiro atoms. The first kappa shape index (κ1) is 24.0. The van der Waals surface area contributed by atoms with Crippen LogP contribution in [-0.4, -0.2) is 72.6 Å². The lowest BCUT2D eigenvalue weighted by Crippen LogP contribution is -2.38. The Bertz CT molecular complexity index is 1040. The van der Waals surface area contributed by atoms with E-state index in [2.05, 4.69) is 4.90 Å². The second-order valence-electron chi connectivity index (χ2n) is 8.62. The van der Waals surface area contributed by atoms with E-state index in [-0.39, 0.29) is 11.3 Å². The molecule has 2 aliphatic heterocycles. The number of Topliss-reactive ketones (excluding diaryl/α,β-unsaturated/α-hetero) is 1. The molecule has 8 heteroatoms. The number of morpholine rings is 1. The van der Waals surface area contributed by atoms with Crippen molar-refractivity contribution < 1.29 is 28.6 Å². The number of aliphatic hydroxyl groups excluding tert-OH is 1. The zero-order valence-corrected chi connectivity index (χ0v) is 19.8. The SMILES string of the molecule is CCCOc1ccc(/C(O)=C2\C(=O)C(=O)N(CCCN3CCOCC3)[C@@H]2c2ccc(C)o2)cc1. The van der Waals surface area contributed by atoms with Crippen molar-refractivity contribution >= 4 is 17.4 Å². The molecule has 0 aliphatic carbocycles. The standard InChI is InChI=1S/C26H32N2O6/c1-3-15-33-20-8-6-19(7-9-20)24(29)22-23(21-10-5-18(2)34-21)28(26(31)25(22)30)12-4-11-27-13-16-32-17-14-27/h5-10,23,29H,3-4,11-17H2,1-2H3/b24-22+/t23-/m1/s1. The van der Waals surface area contributed by atoms with Crippen LogP contribution < -0.4 is 4.74 Å². The zero-order valence-electron chi connectivity index (χ0n) is 19.8. The predicted molar refractivity (Wildman–Crippen MR) is 127 cm³/mol. The van der Waals surface area contributed by atoms with Crippen molar-refractivity contribution in [2.75, 3.05) is 46.0 Å². The number of hydrogen-bond donors (Lipinski definition) is 1. The average Bonchev–Trinajstić information content (AvgIpc) is 3.39. The second kappa shape index (κ2) is 10.9. The first-order valence-corrected chi connectivity index (χ1v) is 11.9. The second-order valence-corrected chi connectivity index (χ2v) is 8.62. The van der Waals surface area contributed by atoms with Crippen molar-refractivity contribution in [1.82, 2.24) is 9.80 Å². The molecular weight excluding hydrogens is 436 g/mol. The van der Waals surface area contributed by atoms with E-state index in [9.17, 15) is 14.7 Å². The number of benzene rings is 1. The van der Waals surface area contributed by atoms with Gasteiger partial charge in [-0.1, -0.05) is 6.92 Å². The molecule has 4 rings (SSSR count). The molecule has 2 aromatic rings. The van der Waals surface area contributed by atoms with Gasteiger partial charge in [0.2, 0.25) is 0 Å². The van der Waals surface area contributed by atoms with Gasteiger partial charge in [0.15, 0.2) is 0 Å². The summed E-state index contributed by atoms with van der Waals surface area (Å²) in [6, 6.07) is 9.66. The van der Waals surface area contributed by atoms with Crippen LogP contribution in [0.2, 0.25) is 0 Å². The molecule has 1 atom stereocenters. The number of carbonyl (C=O) groups is 2. The van der Waals surface area contributed by atoms with Gasteiger partial charge in [-0.15, -0.1) is 0 Å². The Balaban J connectivity index is 1.60. The predicted octanol–water partition coefficient (Wildman–Crippen LogP) is 3.52. The molecule has 2 aliphatic rings. The molecule has 0 radical (unpaired) electrons. The molecule has 1 aromatic carbocycles. The molecule has 0 saturated carbocycles. The third-order valence-electron chi connectivity index (χ3n) is 6.15. The van der Waals surface area contributed by atoms with Gasteiger partial charge < -0.3 is 23.9 Å². The molecule has 3 heterocycles. The van der Waals surface area contributed by atoms with Gasteiger partial charge in [0, 0.05) is 31.7 Å². The van der Waals surface area contributed by atoms with Gasteiger partial charge in [0.05, 0.1) is 25.4 Å². The third kappa shape index (κ3) is 5.18. The van der Waals surface area contributed by atoms with Gasteiger partial charge in [0.25, 0.3) is 11.7 Å². The van der Waals surface area contributed by atoms with E-state index < -0.39 is 17.7 Å². The van der Waals surface area contributed by atoms with E-state index in [1.54, 1.807) is 36.4 Å². The van der Waals surface area contributed by atoms with E-state index in [0.29, 0.717) is 55.6 Å². The van der Waals surface area contributed by atoms with E-state index in [4.69, 9.17) is 13.9 Å². The number of aliphatic hydroxyl groups is 1. The number of hydrogen-bond acceptors (Lipinski definition) is 7. The van der Waals surface area contributed by atoms with Crippen LogP contribution in [0.15, 0.2) is 46.4 Å². The Kier molecular flexibility index (Phi) is 7.70. The largest absolute Gasteiger partial charge is 0.507 e. The maximum absolute atomic E-state index is 13.1. The van der Waals surface area contributed by atoms with Crippen LogP contribution in [0.4, 0.5) is 0 Å². The minimum absolute atomic E-state index is 0.0490. The van der Waals surface area contributed by atoms with Crippen molar-refractivity contribution in [2.45, 2.75) is 32.7 Å². The first-order valence-electron chi connectivity index (χ1n) is 11.9. The fourth-order valence-corrected chi connectivity index (χ4v) is 4.38. The number of rotatable bonds is 9. The minimum Gasteiger partial charge on any atom is -0.507 e. The maximum Gasteiger partial charge on any atom is 0.295 e. The van der Waals surface area contributed by atoms with Gasteiger partial charge in [-0.05, 0) is 56.2 Å². The Morgan fingerprint density at radius 1 is 1.09 bits per heavy atom. The van der Waals surface area contributed by atoms with Crippen molar-refractivity contribution in [3.05, 3.63) is 59.1 Å². The van der Waals surface area contributed by atoms with Gasteiger partial charge in [-0.2, -0.15) is 0 Å². The van der Waals surface area contributed by atoms with Crippen molar-refractivity contribution in [1.29, 1.82) is 0 Å². The van der Waals surface area contributed by atoms with E-state index in [1.807, 2.05) is 13.8 Å². The lowest BCUT2D eigenvalue weighted by molar-refractivity contribution is -0.140. The molecule has 1 aromatic heterocycles. The summed E-state index contributed by atoms with van der Waals surface area (Å²) < 4.78 is 16.8. The fourth-order valence-electron chi connectivity index (χ4n) is 4.38. The molecule has 182 valence electrons. The summed E-state index contributed by atoms with van der Waals surface area (Å²) >= 11 is 0. The van der Waals surface area contributed by atoms with Crippen molar-refractivity contribution in [3.8, 4) is 5.75 Å². The van der Waals surface area contributed by atoms with Crippen LogP contribution in [0, 0.1) is 6.92 Å². The number of nitrogens with zero attached hydrogens (tertiary/aromatic N) is 2. The average molecular weight is 469 g/mol. The number of amides is 1. The number of ether oxygens (including phenoxy) is 2. The summed E-state index contributed by atoms with van der Waals surface area (Å²) in [4.78, 5) is 29.9. The Hall–Kier alpha value is -3.10. The van der Waals surface area contributed by atoms with Crippen LogP contribution in [0.25, 0.3) is 5.76 Å². The molecular formula is C26H32N2O6. The molecule has 1 amide bonds. The van der Waals surface area contributed by atoms with Crippen LogP contribution in [0.3, 0.4) is 0 Å². The molecule has 34 heavy (non-hydrogen) atoms. The number of furan rings is 1. The maximum atomic E-state index is 13.1. The highest BCUT2D eigenvalue weighted by atomic mass is 16.5. The van der Waals surface area contributed by atoms with Gasteiger partial charge >= 0.3 is 0 Å². The molecule has 0 bridgehead atoms. The van der Waals surface area contributed by atoms with Crippen LogP contribution >= 0.6 is 0 Å². The monoisotopic (exact) mass is 468 g/mol. The highest BCUT2D eigenvalue weighted by molar-refractivity contribution is 6.46. The normalized spacial score (nSPS) is 20.8. The number of ketones is 1. The third-order valence-corrected chi connectivity index (χ3v) is 6.15.